The fourth-order valence-electron chi connectivity index (χ4n) is 1.45. The molecule has 1 heterocycles. The Labute approximate surface area is 99.9 Å². The van der Waals surface area contributed by atoms with Crippen LogP contribution in [0.15, 0.2) is 12.1 Å². The van der Waals surface area contributed by atoms with Gasteiger partial charge in [-0.25, -0.2) is 0 Å². The predicted octanol–water partition coefficient (Wildman–Crippen LogP) is 3.20. The average molecular weight is 246 g/mol. The molecule has 1 rings (SSSR count). The molecule has 0 saturated carbocycles. The molecule has 1 aromatic heterocycles. The molecule has 1 amide bonds. The van der Waals surface area contributed by atoms with Gasteiger partial charge in [-0.2, -0.15) is 0 Å². The fourth-order valence-corrected chi connectivity index (χ4v) is 2.54. The first-order chi connectivity index (χ1) is 7.17. The lowest BCUT2D eigenvalue weighted by atomic mass is 10.2. The number of carbonyl (C=O) groups excluding carboxylic acids is 1. The van der Waals surface area contributed by atoms with Gasteiger partial charge >= 0.3 is 0 Å². The topological polar surface area (TPSA) is 20.3 Å². The third-order valence-corrected chi connectivity index (χ3v) is 3.62. The summed E-state index contributed by atoms with van der Waals surface area (Å²) in [6.07, 6.45) is 1.38. The number of halogens is 1. The van der Waals surface area contributed by atoms with E-state index in [9.17, 15) is 4.79 Å². The van der Waals surface area contributed by atoms with E-state index in [0.29, 0.717) is 6.42 Å². The Balaban J connectivity index is 2.40. The highest BCUT2D eigenvalue weighted by molar-refractivity contribution is 7.16. The van der Waals surface area contributed by atoms with Crippen LogP contribution < -0.4 is 0 Å². The Morgan fingerprint density at radius 2 is 2.07 bits per heavy atom. The first kappa shape index (κ1) is 12.5. The number of hydrogen-bond acceptors (Lipinski definition) is 2. The zero-order valence-electron chi connectivity index (χ0n) is 9.12. The van der Waals surface area contributed by atoms with Crippen molar-refractivity contribution in [1.82, 2.24) is 4.90 Å². The van der Waals surface area contributed by atoms with Crippen molar-refractivity contribution in [2.75, 3.05) is 13.1 Å². The monoisotopic (exact) mass is 245 g/mol. The van der Waals surface area contributed by atoms with Gasteiger partial charge in [0.25, 0.3) is 0 Å². The normalized spacial score (nSPS) is 10.3. The molecule has 0 saturated heterocycles. The van der Waals surface area contributed by atoms with E-state index in [1.807, 2.05) is 30.9 Å². The van der Waals surface area contributed by atoms with Gasteiger partial charge in [0.05, 0.1) is 4.34 Å². The van der Waals surface area contributed by atoms with E-state index in [4.69, 9.17) is 11.6 Å². The van der Waals surface area contributed by atoms with Gasteiger partial charge in [-0.15, -0.1) is 11.3 Å². The summed E-state index contributed by atoms with van der Waals surface area (Å²) in [6, 6.07) is 3.87. The van der Waals surface area contributed by atoms with E-state index in [0.717, 1.165) is 23.8 Å². The van der Waals surface area contributed by atoms with Crippen molar-refractivity contribution in [3.63, 3.8) is 0 Å². The molecule has 0 atom stereocenters. The van der Waals surface area contributed by atoms with Gasteiger partial charge in [0, 0.05) is 24.4 Å². The van der Waals surface area contributed by atoms with Gasteiger partial charge < -0.3 is 4.90 Å². The fraction of sp³-hybridized carbons (Fsp3) is 0.545. The summed E-state index contributed by atoms with van der Waals surface area (Å²) in [5.41, 5.74) is 0. The van der Waals surface area contributed by atoms with Crippen LogP contribution in [0, 0.1) is 0 Å². The lowest BCUT2D eigenvalue weighted by molar-refractivity contribution is -0.130. The molecule has 2 nitrogen and oxygen atoms in total. The summed E-state index contributed by atoms with van der Waals surface area (Å²) >= 11 is 7.37. The molecule has 0 aliphatic heterocycles. The predicted molar refractivity (Wildman–Crippen MR) is 65.6 cm³/mol. The smallest absolute Gasteiger partial charge is 0.222 e. The molecule has 0 fully saturated rings. The van der Waals surface area contributed by atoms with Crippen LogP contribution in [-0.4, -0.2) is 23.9 Å². The van der Waals surface area contributed by atoms with Crippen LogP contribution in [-0.2, 0) is 11.2 Å². The van der Waals surface area contributed by atoms with Crippen LogP contribution >= 0.6 is 22.9 Å². The molecule has 15 heavy (non-hydrogen) atoms. The van der Waals surface area contributed by atoms with E-state index >= 15 is 0 Å². The van der Waals surface area contributed by atoms with Crippen LogP contribution in [0.1, 0.15) is 25.1 Å². The SMILES string of the molecule is CCN(CC)C(=O)CCc1ccc(Cl)s1. The van der Waals surface area contributed by atoms with E-state index in [2.05, 4.69) is 0 Å². The molecule has 0 radical (unpaired) electrons. The maximum Gasteiger partial charge on any atom is 0.222 e. The van der Waals surface area contributed by atoms with E-state index in [1.165, 1.54) is 4.88 Å². The van der Waals surface area contributed by atoms with E-state index in [1.54, 1.807) is 11.3 Å². The molecule has 0 bridgehead atoms. The molecule has 1 aromatic rings. The lowest BCUT2D eigenvalue weighted by Crippen LogP contribution is -2.30. The molecule has 0 aromatic carbocycles. The second-order valence-corrected chi connectivity index (χ2v) is 5.07. The van der Waals surface area contributed by atoms with E-state index < -0.39 is 0 Å². The van der Waals surface area contributed by atoms with Crippen LogP contribution in [0.5, 0.6) is 0 Å². The Kier molecular flexibility index (Phi) is 5.12. The zero-order chi connectivity index (χ0) is 11.3. The van der Waals surface area contributed by atoms with Crippen molar-refractivity contribution in [1.29, 1.82) is 0 Å². The molecular formula is C11H16ClNOS. The first-order valence-corrected chi connectivity index (χ1v) is 6.38. The molecular weight excluding hydrogens is 230 g/mol. The van der Waals surface area contributed by atoms with Crippen molar-refractivity contribution in [2.24, 2.45) is 0 Å². The highest BCUT2D eigenvalue weighted by Gasteiger charge is 2.09. The largest absolute Gasteiger partial charge is 0.343 e. The molecule has 0 N–H and O–H groups in total. The minimum atomic E-state index is 0.226. The van der Waals surface area contributed by atoms with E-state index in [-0.39, 0.29) is 5.91 Å². The van der Waals surface area contributed by atoms with Gasteiger partial charge in [0.2, 0.25) is 5.91 Å². The van der Waals surface area contributed by atoms with Crippen molar-refractivity contribution < 1.29 is 4.79 Å². The Bertz CT molecular complexity index is 320. The lowest BCUT2D eigenvalue weighted by Gasteiger charge is -2.18. The van der Waals surface area contributed by atoms with Crippen LogP contribution in [0.2, 0.25) is 4.34 Å². The molecule has 0 unspecified atom stereocenters. The summed E-state index contributed by atoms with van der Waals surface area (Å²) in [5.74, 6) is 0.226. The number of rotatable bonds is 5. The average Bonchev–Trinajstić information content (AvgIpc) is 2.63. The standard InChI is InChI=1S/C11H16ClNOS/c1-3-13(4-2)11(14)8-6-9-5-7-10(12)15-9/h5,7H,3-4,6,8H2,1-2H3. The second kappa shape index (κ2) is 6.13. The third kappa shape index (κ3) is 3.84. The maximum atomic E-state index is 11.7. The van der Waals surface area contributed by atoms with Crippen molar-refractivity contribution in [2.45, 2.75) is 26.7 Å². The Hall–Kier alpha value is -0.540. The van der Waals surface area contributed by atoms with Gasteiger partial charge in [0.1, 0.15) is 0 Å². The highest BCUT2D eigenvalue weighted by Crippen LogP contribution is 2.22. The number of amides is 1. The van der Waals surface area contributed by atoms with Gasteiger partial charge in [-0.1, -0.05) is 11.6 Å². The quantitative estimate of drug-likeness (QED) is 0.780. The summed E-state index contributed by atoms with van der Waals surface area (Å²) in [5, 5.41) is 0. The summed E-state index contributed by atoms with van der Waals surface area (Å²) in [4.78, 5) is 14.7. The zero-order valence-corrected chi connectivity index (χ0v) is 10.7. The maximum absolute atomic E-state index is 11.7. The van der Waals surface area contributed by atoms with Gasteiger partial charge in [-0.05, 0) is 32.4 Å². The summed E-state index contributed by atoms with van der Waals surface area (Å²) in [7, 11) is 0. The highest BCUT2D eigenvalue weighted by atomic mass is 35.5. The number of carbonyl (C=O) groups is 1. The summed E-state index contributed by atoms with van der Waals surface area (Å²) in [6.45, 7) is 5.59. The number of thiophene rings is 1. The minimum absolute atomic E-state index is 0.226. The van der Waals surface area contributed by atoms with Gasteiger partial charge in [0.15, 0.2) is 0 Å². The summed E-state index contributed by atoms with van der Waals surface area (Å²) < 4.78 is 0.792. The van der Waals surface area contributed by atoms with Crippen molar-refractivity contribution in [3.05, 3.63) is 21.3 Å². The molecule has 4 heteroatoms. The minimum Gasteiger partial charge on any atom is -0.343 e. The Morgan fingerprint density at radius 3 is 2.53 bits per heavy atom. The van der Waals surface area contributed by atoms with Crippen LogP contribution in [0.4, 0.5) is 0 Å². The Morgan fingerprint density at radius 1 is 1.40 bits per heavy atom. The first-order valence-electron chi connectivity index (χ1n) is 5.19. The third-order valence-electron chi connectivity index (χ3n) is 2.33. The molecule has 0 aliphatic rings. The number of nitrogens with zero attached hydrogens (tertiary/aromatic N) is 1. The van der Waals surface area contributed by atoms with Crippen molar-refractivity contribution in [3.8, 4) is 0 Å². The van der Waals surface area contributed by atoms with Crippen LogP contribution in [0.3, 0.4) is 0 Å². The molecule has 84 valence electrons. The van der Waals surface area contributed by atoms with Crippen LogP contribution in [0.25, 0.3) is 0 Å². The second-order valence-electron chi connectivity index (χ2n) is 3.27. The molecule has 0 spiro atoms. The van der Waals surface area contributed by atoms with Gasteiger partial charge in [-0.3, -0.25) is 4.79 Å². The van der Waals surface area contributed by atoms with Crippen molar-refractivity contribution >= 4 is 28.8 Å². The molecule has 0 aliphatic carbocycles. The number of hydrogen-bond donors (Lipinski definition) is 0. The number of aryl methyl sites for hydroxylation is 1.